The first kappa shape index (κ1) is 16.9. The zero-order valence-electron chi connectivity index (χ0n) is 11.7. The number of halogens is 1. The van der Waals surface area contributed by atoms with Gasteiger partial charge in [0.2, 0.25) is 0 Å². The van der Waals surface area contributed by atoms with Crippen LogP contribution in [-0.4, -0.2) is 12.3 Å². The van der Waals surface area contributed by atoms with Gasteiger partial charge in [0.1, 0.15) is 0 Å². The van der Waals surface area contributed by atoms with Gasteiger partial charge < -0.3 is 0 Å². The molecule has 0 saturated heterocycles. The maximum absolute atomic E-state index is 3.98. The van der Waals surface area contributed by atoms with Gasteiger partial charge in [0.15, 0.2) is 0 Å². The van der Waals surface area contributed by atoms with Gasteiger partial charge in [-0.3, -0.25) is 0 Å². The van der Waals surface area contributed by atoms with E-state index in [4.69, 9.17) is 0 Å². The van der Waals surface area contributed by atoms with Crippen LogP contribution in [-0.2, 0) is 0 Å². The molecule has 0 unspecified atom stereocenters. The topological polar surface area (TPSA) is 0 Å². The summed E-state index contributed by atoms with van der Waals surface area (Å²) in [6, 6.07) is 21.7. The van der Waals surface area contributed by atoms with Crippen LogP contribution in [0.25, 0.3) is 0 Å². The van der Waals surface area contributed by atoms with Crippen LogP contribution in [0.15, 0.2) is 86.0 Å². The van der Waals surface area contributed by atoms with Crippen molar-refractivity contribution in [3.05, 3.63) is 86.0 Å². The van der Waals surface area contributed by atoms with Gasteiger partial charge in [0.25, 0.3) is 0 Å². The summed E-state index contributed by atoms with van der Waals surface area (Å²) in [5, 5.41) is 2.92. The van der Waals surface area contributed by atoms with Crippen LogP contribution in [0.2, 0.25) is 0 Å². The van der Waals surface area contributed by atoms with Crippen molar-refractivity contribution < 1.29 is 0 Å². The monoisotopic (exact) mass is 348 g/mol. The standard InChI is InChI=1S/C18H21P.BrH/c1-3-15-19(16-4-2,17-11-7-5-8-12-17)18-13-9-6-10-14-18;/h3-14,19H,1-2,15-16H2;1H. The normalized spacial score (nSPS) is 11.2. The van der Waals surface area contributed by atoms with E-state index in [9.17, 15) is 0 Å². The summed E-state index contributed by atoms with van der Waals surface area (Å²) >= 11 is 0. The zero-order valence-corrected chi connectivity index (χ0v) is 14.4. The first-order valence-corrected chi connectivity index (χ1v) is 9.08. The van der Waals surface area contributed by atoms with Gasteiger partial charge in [-0.1, -0.05) is 0 Å². The van der Waals surface area contributed by atoms with Crippen LogP contribution in [0.1, 0.15) is 0 Å². The second kappa shape index (κ2) is 8.19. The summed E-state index contributed by atoms with van der Waals surface area (Å²) in [4.78, 5) is 0. The van der Waals surface area contributed by atoms with Crippen molar-refractivity contribution >= 4 is 34.9 Å². The van der Waals surface area contributed by atoms with Crippen LogP contribution < -0.4 is 10.6 Å². The van der Waals surface area contributed by atoms with Crippen LogP contribution in [0.4, 0.5) is 0 Å². The maximum atomic E-state index is 3.98. The molecule has 2 aromatic carbocycles. The Morgan fingerprint density at radius 3 is 1.35 bits per heavy atom. The SMILES string of the molecule is Br.C=CC[PH](CC=C)(c1ccccc1)c1ccccc1. The fourth-order valence-corrected chi connectivity index (χ4v) is 6.82. The third-order valence-electron chi connectivity index (χ3n) is 3.64. The molecule has 106 valence electrons. The number of allylic oxidation sites excluding steroid dienone is 2. The Bertz CT molecular complexity index is 482. The molecule has 0 N–H and O–H groups in total. The third-order valence-corrected chi connectivity index (χ3v) is 8.49. The Hall–Kier alpha value is -1.17. The van der Waals surface area contributed by atoms with E-state index in [1.807, 2.05) is 0 Å². The quantitative estimate of drug-likeness (QED) is 0.538. The second-order valence-electron chi connectivity index (χ2n) is 4.80. The van der Waals surface area contributed by atoms with E-state index in [2.05, 4.69) is 86.0 Å². The second-order valence-corrected chi connectivity index (χ2v) is 8.94. The number of hydrogen-bond donors (Lipinski definition) is 0. The molecule has 2 heteroatoms. The van der Waals surface area contributed by atoms with Crippen LogP contribution in [0, 0.1) is 0 Å². The summed E-state index contributed by atoms with van der Waals surface area (Å²) in [7, 11) is -1.78. The molecule has 2 rings (SSSR count). The first-order chi connectivity index (χ1) is 9.33. The Labute approximate surface area is 133 Å². The molecular weight excluding hydrogens is 327 g/mol. The summed E-state index contributed by atoms with van der Waals surface area (Å²) in [5.74, 6) is 0. The molecule has 0 nitrogen and oxygen atoms in total. The van der Waals surface area contributed by atoms with Gasteiger partial charge in [-0.15, -0.1) is 17.0 Å². The van der Waals surface area contributed by atoms with E-state index in [1.54, 1.807) is 0 Å². The van der Waals surface area contributed by atoms with Crippen molar-refractivity contribution in [2.24, 2.45) is 0 Å². The molecule has 0 heterocycles. The first-order valence-electron chi connectivity index (χ1n) is 6.66. The van der Waals surface area contributed by atoms with Crippen LogP contribution >= 0.6 is 24.2 Å². The van der Waals surface area contributed by atoms with E-state index in [0.29, 0.717) is 0 Å². The Morgan fingerprint density at radius 1 is 0.700 bits per heavy atom. The molecule has 0 amide bonds. The summed E-state index contributed by atoms with van der Waals surface area (Å²) in [5.41, 5.74) is 0. The van der Waals surface area contributed by atoms with Crippen molar-refractivity contribution in [2.45, 2.75) is 0 Å². The van der Waals surface area contributed by atoms with Crippen LogP contribution in [0.3, 0.4) is 0 Å². The summed E-state index contributed by atoms with van der Waals surface area (Å²) in [6.45, 7) is 7.96. The number of rotatable bonds is 6. The molecular formula is C18H22BrP. The van der Waals surface area contributed by atoms with E-state index >= 15 is 0 Å². The molecule has 0 saturated carbocycles. The minimum absolute atomic E-state index is 0. The average Bonchev–Trinajstić information content (AvgIpc) is 2.49. The van der Waals surface area contributed by atoms with E-state index in [0.717, 1.165) is 12.3 Å². The van der Waals surface area contributed by atoms with Gasteiger partial charge in [-0.2, -0.15) is 0 Å². The van der Waals surface area contributed by atoms with Crippen molar-refractivity contribution in [1.29, 1.82) is 0 Å². The van der Waals surface area contributed by atoms with Crippen LogP contribution in [0.5, 0.6) is 0 Å². The minimum atomic E-state index is -1.78. The van der Waals surface area contributed by atoms with Gasteiger partial charge in [-0.05, 0) is 0 Å². The molecule has 0 atom stereocenters. The Kier molecular flexibility index (Phi) is 6.91. The van der Waals surface area contributed by atoms with Gasteiger partial charge in [-0.25, -0.2) is 0 Å². The fourth-order valence-electron chi connectivity index (χ4n) is 2.73. The van der Waals surface area contributed by atoms with Crippen molar-refractivity contribution in [2.75, 3.05) is 12.3 Å². The summed E-state index contributed by atoms with van der Waals surface area (Å²) < 4.78 is 0. The summed E-state index contributed by atoms with van der Waals surface area (Å²) in [6.07, 6.45) is 6.23. The number of benzene rings is 2. The molecule has 0 aliphatic carbocycles. The molecule has 0 aliphatic rings. The Balaban J connectivity index is 0.00000200. The third kappa shape index (κ3) is 3.48. The van der Waals surface area contributed by atoms with Gasteiger partial charge >= 0.3 is 116 Å². The molecule has 20 heavy (non-hydrogen) atoms. The molecule has 0 fully saturated rings. The molecule has 0 aromatic heterocycles. The predicted molar refractivity (Wildman–Crippen MR) is 101 cm³/mol. The predicted octanol–water partition coefficient (Wildman–Crippen LogP) is 4.34. The molecule has 0 radical (unpaired) electrons. The zero-order chi connectivity index (χ0) is 13.6. The molecule has 0 spiro atoms. The fraction of sp³-hybridized carbons (Fsp3) is 0.111. The van der Waals surface area contributed by atoms with Crippen molar-refractivity contribution in [3.8, 4) is 0 Å². The molecule has 0 aliphatic heterocycles. The van der Waals surface area contributed by atoms with Gasteiger partial charge in [0, 0.05) is 0 Å². The van der Waals surface area contributed by atoms with Gasteiger partial charge in [0.05, 0.1) is 0 Å². The van der Waals surface area contributed by atoms with E-state index < -0.39 is 7.26 Å². The molecule has 0 bridgehead atoms. The Morgan fingerprint density at radius 2 is 1.05 bits per heavy atom. The number of hydrogen-bond acceptors (Lipinski definition) is 0. The molecule has 2 aromatic rings. The van der Waals surface area contributed by atoms with E-state index in [-0.39, 0.29) is 17.0 Å². The van der Waals surface area contributed by atoms with E-state index in [1.165, 1.54) is 10.6 Å². The average molecular weight is 349 g/mol. The van der Waals surface area contributed by atoms with Crippen molar-refractivity contribution in [3.63, 3.8) is 0 Å². The van der Waals surface area contributed by atoms with Crippen molar-refractivity contribution in [1.82, 2.24) is 0 Å².